The summed E-state index contributed by atoms with van der Waals surface area (Å²) in [5, 5.41) is 19.3. The van der Waals surface area contributed by atoms with Gasteiger partial charge in [-0.15, -0.1) is 0 Å². The molecule has 2 saturated heterocycles. The summed E-state index contributed by atoms with van der Waals surface area (Å²) >= 11 is 6.84. The Hall–Kier alpha value is -3.39. The molecule has 50 heavy (non-hydrogen) atoms. The quantitative estimate of drug-likeness (QED) is 0.209. The molecule has 2 aliphatic carbocycles. The fraction of sp³-hybridized carbons (Fsp3) is 0.611. The van der Waals surface area contributed by atoms with Gasteiger partial charge in [0.1, 0.15) is 34.7 Å². The third kappa shape index (κ3) is 5.55. The van der Waals surface area contributed by atoms with Gasteiger partial charge in [0, 0.05) is 42.1 Å². The lowest BCUT2D eigenvalue weighted by molar-refractivity contribution is -0.0845. The van der Waals surface area contributed by atoms with E-state index in [-0.39, 0.29) is 46.3 Å². The molecule has 3 atom stereocenters. The molecule has 11 nitrogen and oxygen atoms in total. The van der Waals surface area contributed by atoms with Crippen molar-refractivity contribution in [3.63, 3.8) is 0 Å². The number of methoxy groups -OCH3 is 2. The number of pyridine rings is 1. The van der Waals surface area contributed by atoms with E-state index in [0.29, 0.717) is 65.7 Å². The average Bonchev–Trinajstić information content (AvgIpc) is 3.76. The molecule has 1 aromatic carbocycles. The molecular weight excluding hydrogens is 668 g/mol. The fourth-order valence-corrected chi connectivity index (χ4v) is 9.38. The van der Waals surface area contributed by atoms with Crippen LogP contribution in [0.5, 0.6) is 11.9 Å². The molecule has 0 spiro atoms. The number of nitrogens with zero attached hydrogens (tertiary/aromatic N) is 6. The van der Waals surface area contributed by atoms with Gasteiger partial charge >= 0.3 is 6.01 Å². The second-order valence-electron chi connectivity index (χ2n) is 14.8. The van der Waals surface area contributed by atoms with Gasteiger partial charge in [-0.05, 0) is 76.5 Å². The number of hydrogen-bond donors (Lipinski definition) is 2. The maximum atomic E-state index is 17.1. The van der Waals surface area contributed by atoms with E-state index in [4.69, 9.17) is 35.8 Å². The Morgan fingerprint density at radius 2 is 1.90 bits per heavy atom. The van der Waals surface area contributed by atoms with Crippen LogP contribution in [0, 0.1) is 18.2 Å². The SMILES string of the molecule is COc1nc(-c2c(Cl)c(C)cc3[nH]ncc23)c(F)c2nc(OC[C@]34CCC[C@H]3N(C3CC(OC)C3)CCC4)nc(N3CCC[C@](O)(CF)C3)c12. The summed E-state index contributed by atoms with van der Waals surface area (Å²) in [5.41, 5.74) is 0.0228. The van der Waals surface area contributed by atoms with E-state index >= 15 is 4.39 Å². The standard InChI is InChI=1S/C36H44ClF2N7O4/c1-20-13-24-23(16-40-44-24)26(28(20)37)30-29(39)31-27(33(41-30)49-3)32(45-11-6-10-36(47,17-38)18-45)43-34(42-31)50-19-35-8-4-7-25(35)46(12-5-9-35)21-14-22(15-21)48-2/h13,16,21-22,25,47H,4-12,14-15,17-19H2,1-3H3,(H,40,44)/t21?,22?,25-,35-,36+/m1/s1. The normalized spacial score (nSPS) is 28.6. The van der Waals surface area contributed by atoms with Gasteiger partial charge in [-0.1, -0.05) is 18.0 Å². The molecule has 4 aliphatic rings. The van der Waals surface area contributed by atoms with Crippen LogP contribution in [0.1, 0.15) is 63.4 Å². The van der Waals surface area contributed by atoms with Crippen LogP contribution < -0.4 is 14.4 Å². The lowest BCUT2D eigenvalue weighted by Crippen LogP contribution is -2.59. The predicted octanol–water partition coefficient (Wildman–Crippen LogP) is 6.17. The van der Waals surface area contributed by atoms with Crippen LogP contribution in [0.2, 0.25) is 5.02 Å². The predicted molar refractivity (Wildman–Crippen MR) is 186 cm³/mol. The van der Waals surface area contributed by atoms with Crippen molar-refractivity contribution in [3.8, 4) is 23.1 Å². The third-order valence-corrected chi connectivity index (χ3v) is 12.3. The summed E-state index contributed by atoms with van der Waals surface area (Å²) in [6.45, 7) is 2.81. The number of H-pyrrole nitrogens is 1. The molecule has 0 amide bonds. The van der Waals surface area contributed by atoms with E-state index in [0.717, 1.165) is 57.1 Å². The molecule has 3 aromatic heterocycles. The second kappa shape index (κ2) is 13.0. The summed E-state index contributed by atoms with van der Waals surface area (Å²) in [7, 11) is 3.23. The Kier molecular flexibility index (Phi) is 8.76. The van der Waals surface area contributed by atoms with Crippen molar-refractivity contribution in [1.29, 1.82) is 0 Å². The number of ether oxygens (including phenoxy) is 3. The summed E-state index contributed by atoms with van der Waals surface area (Å²) < 4.78 is 49.2. The Balaban J connectivity index is 1.23. The molecule has 5 heterocycles. The molecular formula is C36H44ClF2N7O4. The van der Waals surface area contributed by atoms with Gasteiger partial charge < -0.3 is 24.2 Å². The smallest absolute Gasteiger partial charge is 0.319 e. The first-order valence-corrected chi connectivity index (χ1v) is 18.1. The van der Waals surface area contributed by atoms with E-state index in [1.54, 1.807) is 18.2 Å². The number of halogens is 3. The van der Waals surface area contributed by atoms with Crippen LogP contribution in [-0.2, 0) is 4.74 Å². The molecule has 2 N–H and O–H groups in total. The summed E-state index contributed by atoms with van der Waals surface area (Å²) in [6, 6.07) is 2.77. The van der Waals surface area contributed by atoms with Crippen LogP contribution in [-0.4, -0.2) is 106 Å². The summed E-state index contributed by atoms with van der Waals surface area (Å²) in [6.07, 6.45) is 10.2. The van der Waals surface area contributed by atoms with E-state index in [1.165, 1.54) is 7.11 Å². The van der Waals surface area contributed by atoms with Crippen molar-refractivity contribution in [2.45, 2.75) is 88.5 Å². The molecule has 0 radical (unpaired) electrons. The monoisotopic (exact) mass is 711 g/mol. The van der Waals surface area contributed by atoms with Crippen molar-refractivity contribution in [3.05, 3.63) is 28.7 Å². The summed E-state index contributed by atoms with van der Waals surface area (Å²) in [5.74, 6) is -0.366. The van der Waals surface area contributed by atoms with Gasteiger partial charge in [0.05, 0.1) is 43.1 Å². The number of likely N-dealkylation sites (tertiary alicyclic amines) is 1. The highest BCUT2D eigenvalue weighted by molar-refractivity contribution is 6.35. The Morgan fingerprint density at radius 3 is 2.68 bits per heavy atom. The highest BCUT2D eigenvalue weighted by atomic mass is 35.5. The van der Waals surface area contributed by atoms with Crippen LogP contribution in [0.15, 0.2) is 12.3 Å². The number of rotatable bonds is 9. The van der Waals surface area contributed by atoms with Gasteiger partial charge in [0.2, 0.25) is 5.88 Å². The Bertz CT molecular complexity index is 1920. The topological polar surface area (TPSA) is 122 Å². The van der Waals surface area contributed by atoms with Gasteiger partial charge in [0.25, 0.3) is 0 Å². The van der Waals surface area contributed by atoms with Crippen molar-refractivity contribution in [2.75, 3.05) is 52.0 Å². The third-order valence-electron chi connectivity index (χ3n) is 11.8. The molecule has 2 aliphatic heterocycles. The lowest BCUT2D eigenvalue weighted by atomic mass is 9.73. The molecule has 8 rings (SSSR count). The number of aliphatic hydroxyl groups is 1. The Labute approximate surface area is 294 Å². The van der Waals surface area contributed by atoms with Crippen molar-refractivity contribution < 1.29 is 28.1 Å². The maximum Gasteiger partial charge on any atom is 0.319 e. The second-order valence-corrected chi connectivity index (χ2v) is 15.2. The van der Waals surface area contributed by atoms with Gasteiger partial charge in [-0.2, -0.15) is 15.1 Å². The number of nitrogens with one attached hydrogen (secondary N) is 1. The van der Waals surface area contributed by atoms with Crippen molar-refractivity contribution >= 4 is 39.2 Å². The highest BCUT2D eigenvalue weighted by Gasteiger charge is 2.52. The number of aromatic amines is 1. The van der Waals surface area contributed by atoms with E-state index < -0.39 is 18.1 Å². The van der Waals surface area contributed by atoms with Gasteiger partial charge in [-0.3, -0.25) is 10.00 Å². The van der Waals surface area contributed by atoms with E-state index in [2.05, 4.69) is 20.1 Å². The molecule has 0 unspecified atom stereocenters. The fourth-order valence-electron chi connectivity index (χ4n) is 9.13. The minimum atomic E-state index is -1.57. The number of alkyl halides is 1. The van der Waals surface area contributed by atoms with Gasteiger partial charge in [0.15, 0.2) is 5.82 Å². The number of aryl methyl sites for hydroxylation is 1. The maximum absolute atomic E-state index is 17.1. The van der Waals surface area contributed by atoms with Crippen LogP contribution in [0.25, 0.3) is 33.1 Å². The number of anilines is 1. The number of β-amino-alcohol motifs (C(OH)–C–C–N with tert-alkyl or cyclic N) is 1. The Morgan fingerprint density at radius 1 is 1.10 bits per heavy atom. The number of fused-ring (bicyclic) bond motifs is 3. The molecule has 14 heteroatoms. The number of piperidine rings is 2. The lowest BCUT2D eigenvalue weighted by Gasteiger charge is -2.53. The van der Waals surface area contributed by atoms with E-state index in [9.17, 15) is 9.50 Å². The molecule has 268 valence electrons. The number of benzene rings is 1. The van der Waals surface area contributed by atoms with Gasteiger partial charge in [-0.25, -0.2) is 13.8 Å². The van der Waals surface area contributed by atoms with E-state index in [1.807, 2.05) is 13.0 Å². The molecule has 4 fully saturated rings. The molecule has 4 aromatic rings. The average molecular weight is 712 g/mol. The van der Waals surface area contributed by atoms with Crippen LogP contribution in [0.4, 0.5) is 14.6 Å². The first-order chi connectivity index (χ1) is 24.2. The van der Waals surface area contributed by atoms with Crippen LogP contribution >= 0.6 is 11.6 Å². The molecule has 0 bridgehead atoms. The summed E-state index contributed by atoms with van der Waals surface area (Å²) in [4.78, 5) is 18.7. The molecule has 2 saturated carbocycles. The zero-order chi connectivity index (χ0) is 34.8. The first-order valence-electron chi connectivity index (χ1n) is 17.7. The minimum Gasteiger partial charge on any atom is -0.480 e. The minimum absolute atomic E-state index is 0.0176. The zero-order valence-electron chi connectivity index (χ0n) is 28.8. The number of aromatic nitrogens is 5. The first kappa shape index (κ1) is 33.7. The van der Waals surface area contributed by atoms with Crippen molar-refractivity contribution in [2.24, 2.45) is 5.41 Å². The largest absolute Gasteiger partial charge is 0.480 e. The zero-order valence-corrected chi connectivity index (χ0v) is 29.5. The number of hydrogen-bond acceptors (Lipinski definition) is 10. The van der Waals surface area contributed by atoms with Crippen molar-refractivity contribution in [1.82, 2.24) is 30.0 Å². The highest BCUT2D eigenvalue weighted by Crippen LogP contribution is 2.51. The van der Waals surface area contributed by atoms with Crippen LogP contribution in [0.3, 0.4) is 0 Å².